The van der Waals surface area contributed by atoms with Crippen LogP contribution in [0.1, 0.15) is 10.4 Å². The predicted molar refractivity (Wildman–Crippen MR) is 89.2 cm³/mol. The summed E-state index contributed by atoms with van der Waals surface area (Å²) in [7, 11) is 0. The van der Waals surface area contributed by atoms with Crippen molar-refractivity contribution < 1.29 is 9.18 Å². The van der Waals surface area contributed by atoms with Crippen LogP contribution in [0.25, 0.3) is 11.1 Å². The average molecular weight is 336 g/mol. The molecule has 2 saturated heterocycles. The summed E-state index contributed by atoms with van der Waals surface area (Å²) in [5.74, 6) is 0.955. The van der Waals surface area contributed by atoms with E-state index < -0.39 is 0 Å². The highest BCUT2D eigenvalue weighted by molar-refractivity contribution is 6.01. The van der Waals surface area contributed by atoms with Gasteiger partial charge >= 0.3 is 0 Å². The first-order chi connectivity index (χ1) is 10.7. The van der Waals surface area contributed by atoms with Gasteiger partial charge in [-0.05, 0) is 29.5 Å². The zero-order valence-electron chi connectivity index (χ0n) is 12.6. The van der Waals surface area contributed by atoms with Gasteiger partial charge in [-0.3, -0.25) is 4.79 Å². The average Bonchev–Trinajstić information content (AvgIpc) is 3.22. The summed E-state index contributed by atoms with van der Waals surface area (Å²) in [4.78, 5) is 17.8. The van der Waals surface area contributed by atoms with Gasteiger partial charge in [-0.15, -0.1) is 12.4 Å². The number of amides is 1. The van der Waals surface area contributed by atoms with Crippen molar-refractivity contribution in [3.8, 4) is 11.1 Å². The number of H-pyrrole nitrogens is 1. The molecule has 2 N–H and O–H groups in total. The van der Waals surface area contributed by atoms with Crippen molar-refractivity contribution in [1.82, 2.24) is 15.2 Å². The molecule has 1 aromatic heterocycles. The number of aromatic nitrogens is 1. The number of hydrogen-bond donors (Lipinski definition) is 2. The van der Waals surface area contributed by atoms with Gasteiger partial charge in [0.2, 0.25) is 0 Å². The third-order valence-electron chi connectivity index (χ3n) is 4.81. The van der Waals surface area contributed by atoms with E-state index in [4.69, 9.17) is 0 Å². The van der Waals surface area contributed by atoms with Gasteiger partial charge in [-0.25, -0.2) is 4.39 Å². The Morgan fingerprint density at radius 2 is 1.74 bits per heavy atom. The maximum atomic E-state index is 13.1. The SMILES string of the molecule is Cl.O=C(c1c[nH]cc1-c1ccc(F)cc1)N1C[C@H]2CNC[C@H]2C1. The normalized spacial score (nSPS) is 22.7. The zero-order chi connectivity index (χ0) is 15.1. The lowest BCUT2D eigenvalue weighted by atomic mass is 10.0. The van der Waals surface area contributed by atoms with Gasteiger partial charge in [0.25, 0.3) is 5.91 Å². The second-order valence-corrected chi connectivity index (χ2v) is 6.18. The molecule has 0 saturated carbocycles. The molecule has 2 aromatic rings. The number of nitrogens with one attached hydrogen (secondary N) is 2. The quantitative estimate of drug-likeness (QED) is 0.886. The molecule has 1 aromatic carbocycles. The maximum absolute atomic E-state index is 13.1. The van der Waals surface area contributed by atoms with Crippen molar-refractivity contribution in [3.05, 3.63) is 48.0 Å². The van der Waals surface area contributed by atoms with Gasteiger partial charge in [0.05, 0.1) is 5.56 Å². The first kappa shape index (κ1) is 16.0. The second-order valence-electron chi connectivity index (χ2n) is 6.18. The van der Waals surface area contributed by atoms with Crippen molar-refractivity contribution >= 4 is 18.3 Å². The third-order valence-corrected chi connectivity index (χ3v) is 4.81. The lowest BCUT2D eigenvalue weighted by Gasteiger charge is -2.17. The van der Waals surface area contributed by atoms with E-state index in [9.17, 15) is 9.18 Å². The van der Waals surface area contributed by atoms with E-state index in [0.717, 1.165) is 37.3 Å². The standard InChI is InChI=1S/C17H18FN3O.ClH/c18-14-3-1-11(2-4-14)15-7-20-8-16(15)17(22)21-9-12-5-19-6-13(12)10-21;/h1-4,7-8,12-13,19-20H,5-6,9-10H2;1H/t12-,13+;. The number of carbonyl (C=O) groups is 1. The Labute approximate surface area is 140 Å². The molecule has 0 aliphatic carbocycles. The smallest absolute Gasteiger partial charge is 0.256 e. The summed E-state index contributed by atoms with van der Waals surface area (Å²) < 4.78 is 13.1. The number of rotatable bonds is 2. The Balaban J connectivity index is 0.00000156. The Morgan fingerprint density at radius 3 is 2.39 bits per heavy atom. The van der Waals surface area contributed by atoms with Crippen LogP contribution in [0.15, 0.2) is 36.7 Å². The van der Waals surface area contributed by atoms with Crippen LogP contribution in [0.4, 0.5) is 4.39 Å². The van der Waals surface area contributed by atoms with Crippen LogP contribution in [-0.4, -0.2) is 42.0 Å². The molecular formula is C17H19ClFN3O. The summed E-state index contributed by atoms with van der Waals surface area (Å²) in [5.41, 5.74) is 2.35. The topological polar surface area (TPSA) is 48.1 Å². The highest BCUT2D eigenvalue weighted by Crippen LogP contribution is 2.30. The minimum absolute atomic E-state index is 0. The number of nitrogens with zero attached hydrogens (tertiary/aromatic N) is 1. The Kier molecular flexibility index (Phi) is 4.41. The number of fused-ring (bicyclic) bond motifs is 1. The largest absolute Gasteiger partial charge is 0.366 e. The molecule has 0 bridgehead atoms. The number of benzene rings is 1. The van der Waals surface area contributed by atoms with Gasteiger partial charge in [0.15, 0.2) is 0 Å². The van der Waals surface area contributed by atoms with Crippen molar-refractivity contribution in [2.75, 3.05) is 26.2 Å². The fourth-order valence-electron chi connectivity index (χ4n) is 3.60. The fourth-order valence-corrected chi connectivity index (χ4v) is 3.60. The lowest BCUT2D eigenvalue weighted by molar-refractivity contribution is 0.0782. The zero-order valence-corrected chi connectivity index (χ0v) is 13.4. The van der Waals surface area contributed by atoms with Crippen molar-refractivity contribution in [2.45, 2.75) is 0 Å². The van der Waals surface area contributed by atoms with E-state index in [-0.39, 0.29) is 24.1 Å². The van der Waals surface area contributed by atoms with Gasteiger partial charge in [0.1, 0.15) is 5.82 Å². The molecule has 3 heterocycles. The molecule has 0 radical (unpaired) electrons. The van der Waals surface area contributed by atoms with Gasteiger partial charge < -0.3 is 15.2 Å². The monoisotopic (exact) mass is 335 g/mol. The minimum Gasteiger partial charge on any atom is -0.366 e. The number of halogens is 2. The van der Waals surface area contributed by atoms with Crippen LogP contribution in [-0.2, 0) is 0 Å². The van der Waals surface area contributed by atoms with E-state index in [1.54, 1.807) is 24.5 Å². The fraction of sp³-hybridized carbons (Fsp3) is 0.353. The van der Waals surface area contributed by atoms with Crippen molar-refractivity contribution in [1.29, 1.82) is 0 Å². The van der Waals surface area contributed by atoms with Gasteiger partial charge in [-0.1, -0.05) is 12.1 Å². The first-order valence-electron chi connectivity index (χ1n) is 7.65. The van der Waals surface area contributed by atoms with E-state index in [1.165, 1.54) is 12.1 Å². The number of carbonyl (C=O) groups excluding carboxylic acids is 1. The minimum atomic E-state index is -0.271. The third kappa shape index (κ3) is 2.86. The molecule has 4 nitrogen and oxygen atoms in total. The van der Waals surface area contributed by atoms with E-state index in [1.807, 2.05) is 4.90 Å². The molecule has 2 fully saturated rings. The van der Waals surface area contributed by atoms with Crippen LogP contribution in [0, 0.1) is 17.7 Å². The highest BCUT2D eigenvalue weighted by atomic mass is 35.5. The van der Waals surface area contributed by atoms with Crippen molar-refractivity contribution in [2.24, 2.45) is 11.8 Å². The molecule has 2 aliphatic rings. The lowest BCUT2D eigenvalue weighted by Crippen LogP contribution is -2.31. The summed E-state index contributed by atoms with van der Waals surface area (Å²) in [6.45, 7) is 3.66. The van der Waals surface area contributed by atoms with Gasteiger partial charge in [0, 0.05) is 44.1 Å². The molecule has 6 heteroatoms. The number of likely N-dealkylation sites (tertiary alicyclic amines) is 1. The maximum Gasteiger partial charge on any atom is 0.256 e. The molecular weight excluding hydrogens is 317 g/mol. The molecule has 2 aliphatic heterocycles. The predicted octanol–water partition coefficient (Wildman–Crippen LogP) is 2.53. The Bertz CT molecular complexity index is 688. The van der Waals surface area contributed by atoms with Crippen LogP contribution in [0.2, 0.25) is 0 Å². The summed E-state index contributed by atoms with van der Waals surface area (Å²) >= 11 is 0. The Hall–Kier alpha value is -1.85. The molecule has 4 rings (SSSR count). The first-order valence-corrected chi connectivity index (χ1v) is 7.65. The molecule has 122 valence electrons. The van der Waals surface area contributed by atoms with Crippen LogP contribution < -0.4 is 5.32 Å². The number of aromatic amines is 1. The van der Waals surface area contributed by atoms with Crippen LogP contribution >= 0.6 is 12.4 Å². The van der Waals surface area contributed by atoms with E-state index in [2.05, 4.69) is 10.3 Å². The highest BCUT2D eigenvalue weighted by Gasteiger charge is 2.38. The summed E-state index contributed by atoms with van der Waals surface area (Å²) in [5, 5.41) is 3.38. The molecule has 0 unspecified atom stereocenters. The molecule has 23 heavy (non-hydrogen) atoms. The molecule has 0 spiro atoms. The van der Waals surface area contributed by atoms with Crippen molar-refractivity contribution in [3.63, 3.8) is 0 Å². The van der Waals surface area contributed by atoms with Crippen LogP contribution in [0.3, 0.4) is 0 Å². The summed E-state index contributed by atoms with van der Waals surface area (Å²) in [6, 6.07) is 6.25. The Morgan fingerprint density at radius 1 is 1.09 bits per heavy atom. The van der Waals surface area contributed by atoms with Crippen LogP contribution in [0.5, 0.6) is 0 Å². The van der Waals surface area contributed by atoms with E-state index in [0.29, 0.717) is 17.4 Å². The molecule has 2 atom stereocenters. The number of hydrogen-bond acceptors (Lipinski definition) is 2. The molecule has 1 amide bonds. The second kappa shape index (κ2) is 6.34. The summed E-state index contributed by atoms with van der Waals surface area (Å²) in [6.07, 6.45) is 3.55. The van der Waals surface area contributed by atoms with Gasteiger partial charge in [-0.2, -0.15) is 0 Å². The van der Waals surface area contributed by atoms with E-state index >= 15 is 0 Å².